The normalized spacial score (nSPS) is 24.4. The largest absolute Gasteiger partial charge is 0.405 e. The minimum atomic E-state index is -2.78. The van der Waals surface area contributed by atoms with E-state index in [2.05, 4.69) is 79.3 Å². The Labute approximate surface area is 240 Å². The van der Waals surface area contributed by atoms with Crippen LogP contribution in [0.5, 0.6) is 0 Å². The summed E-state index contributed by atoms with van der Waals surface area (Å²) in [6, 6.07) is 23.0. The number of hydrogen-bond donors (Lipinski definition) is 1. The first-order valence-corrected chi connectivity index (χ1v) is 15.8. The zero-order valence-corrected chi connectivity index (χ0v) is 25.1. The Kier molecular flexibility index (Phi) is 6.80. The third-order valence-corrected chi connectivity index (χ3v) is 13.1. The molecular weight excluding hydrogens is 544 g/mol. The summed E-state index contributed by atoms with van der Waals surface area (Å²) in [6.45, 7) is 11.0. The molecule has 2 N–H and O–H groups in total. The molecule has 10 heteroatoms. The summed E-state index contributed by atoms with van der Waals surface area (Å²) >= 11 is 6.37. The average Bonchev–Trinajstić information content (AvgIpc) is 3.56. The summed E-state index contributed by atoms with van der Waals surface area (Å²) in [5.74, 6) is -0.677. The lowest BCUT2D eigenvalue weighted by atomic mass is 10.1. The first kappa shape index (κ1) is 27.4. The molecule has 2 aliphatic heterocycles. The SMILES string of the molecule is CC1(C)O[C@@H]2[C@H](O1)C(CO[Si](c1ccccc1)(c1ccccc1)C(C)(C)C)O[C@H]2n1ccc2c(Cl)nc(N)nc21. The maximum absolute atomic E-state index is 7.22. The Bertz CT molecular complexity index is 1470. The zero-order valence-electron chi connectivity index (χ0n) is 23.4. The van der Waals surface area contributed by atoms with Gasteiger partial charge >= 0.3 is 0 Å². The fraction of sp³-hybridized carbons (Fsp3) is 0.400. The number of benzene rings is 2. The third kappa shape index (κ3) is 4.54. The lowest BCUT2D eigenvalue weighted by Gasteiger charge is -2.43. The Balaban J connectivity index is 1.38. The Morgan fingerprint density at radius 2 is 1.55 bits per heavy atom. The standard InChI is InChI=1S/C30H35ClN4O4Si/c1-29(2,3)40(19-12-8-6-9-13-19,20-14-10-7-11-15-20)36-18-22-23-24(39-30(4,5)38-23)27(37-22)35-17-16-21-25(31)33-28(32)34-26(21)35/h6-17,22-24,27H,18H2,1-5H3,(H2,32,33,34)/t22?,23-,24-,27-/m1/s1. The fourth-order valence-corrected chi connectivity index (χ4v) is 11.0. The molecule has 0 radical (unpaired) electrons. The monoisotopic (exact) mass is 578 g/mol. The Morgan fingerprint density at radius 1 is 0.950 bits per heavy atom. The molecule has 0 saturated carbocycles. The molecule has 4 aromatic rings. The van der Waals surface area contributed by atoms with Crippen LogP contribution < -0.4 is 16.1 Å². The van der Waals surface area contributed by atoms with E-state index in [1.54, 1.807) is 0 Å². The topological polar surface area (TPSA) is 93.7 Å². The van der Waals surface area contributed by atoms with E-state index in [0.29, 0.717) is 22.8 Å². The Morgan fingerprint density at radius 3 is 2.15 bits per heavy atom. The number of nitrogens with two attached hydrogens (primary N) is 1. The molecule has 2 aromatic heterocycles. The van der Waals surface area contributed by atoms with Gasteiger partial charge in [-0.3, -0.25) is 0 Å². The first-order chi connectivity index (χ1) is 19.0. The molecule has 1 unspecified atom stereocenters. The highest BCUT2D eigenvalue weighted by molar-refractivity contribution is 6.99. The van der Waals surface area contributed by atoms with Crippen LogP contribution in [0.1, 0.15) is 40.8 Å². The van der Waals surface area contributed by atoms with Crippen LogP contribution in [-0.4, -0.2) is 53.6 Å². The number of anilines is 1. The van der Waals surface area contributed by atoms with Gasteiger partial charge in [-0.15, -0.1) is 0 Å². The minimum Gasteiger partial charge on any atom is -0.405 e. The summed E-state index contributed by atoms with van der Waals surface area (Å²) in [7, 11) is -2.78. The second kappa shape index (κ2) is 9.94. The number of rotatable bonds is 6. The van der Waals surface area contributed by atoms with Crippen LogP contribution in [0.15, 0.2) is 72.9 Å². The molecule has 2 aromatic carbocycles. The first-order valence-electron chi connectivity index (χ1n) is 13.6. The number of hydrogen-bond acceptors (Lipinski definition) is 7. The number of nitrogens with zero attached hydrogens (tertiary/aromatic N) is 3. The van der Waals surface area contributed by atoms with Crippen molar-refractivity contribution in [3.05, 3.63) is 78.1 Å². The molecule has 4 heterocycles. The summed E-state index contributed by atoms with van der Waals surface area (Å²) in [5.41, 5.74) is 6.53. The molecule has 40 heavy (non-hydrogen) atoms. The zero-order chi connectivity index (χ0) is 28.3. The number of nitrogen functional groups attached to an aromatic ring is 1. The van der Waals surface area contributed by atoms with Gasteiger partial charge in [-0.25, -0.2) is 4.98 Å². The van der Waals surface area contributed by atoms with Gasteiger partial charge in [-0.1, -0.05) is 93.0 Å². The van der Waals surface area contributed by atoms with Crippen LogP contribution in [-0.2, 0) is 18.6 Å². The van der Waals surface area contributed by atoms with Gasteiger partial charge < -0.3 is 28.9 Å². The second-order valence-corrected chi connectivity index (χ2v) is 16.6. The summed E-state index contributed by atoms with van der Waals surface area (Å²) in [5, 5.41) is 3.25. The maximum atomic E-state index is 7.22. The molecule has 6 rings (SSSR count). The van der Waals surface area contributed by atoms with Gasteiger partial charge in [0.1, 0.15) is 29.1 Å². The molecule has 4 atom stereocenters. The van der Waals surface area contributed by atoms with E-state index < -0.39 is 20.3 Å². The lowest BCUT2D eigenvalue weighted by molar-refractivity contribution is -0.199. The van der Waals surface area contributed by atoms with Crippen LogP contribution in [0, 0.1) is 0 Å². The number of ether oxygens (including phenoxy) is 3. The summed E-state index contributed by atoms with van der Waals surface area (Å²) < 4.78 is 28.7. The molecule has 2 saturated heterocycles. The van der Waals surface area contributed by atoms with E-state index in [-0.39, 0.29) is 29.3 Å². The van der Waals surface area contributed by atoms with Crippen LogP contribution in [0.2, 0.25) is 10.2 Å². The van der Waals surface area contributed by atoms with Crippen LogP contribution in [0.4, 0.5) is 5.95 Å². The molecular formula is C30H35ClN4O4Si. The molecule has 0 amide bonds. The van der Waals surface area contributed by atoms with E-state index in [9.17, 15) is 0 Å². The van der Waals surface area contributed by atoms with Gasteiger partial charge in [0.25, 0.3) is 8.32 Å². The van der Waals surface area contributed by atoms with Crippen molar-refractivity contribution in [1.82, 2.24) is 14.5 Å². The highest BCUT2D eigenvalue weighted by Crippen LogP contribution is 2.45. The van der Waals surface area contributed by atoms with Gasteiger partial charge in [0, 0.05) is 6.20 Å². The van der Waals surface area contributed by atoms with E-state index in [1.165, 1.54) is 10.4 Å². The van der Waals surface area contributed by atoms with Crippen molar-refractivity contribution in [1.29, 1.82) is 0 Å². The number of fused-ring (bicyclic) bond motifs is 2. The highest BCUT2D eigenvalue weighted by atomic mass is 35.5. The molecule has 2 fully saturated rings. The van der Waals surface area contributed by atoms with Gasteiger partial charge in [-0.2, -0.15) is 4.98 Å². The van der Waals surface area contributed by atoms with Crippen LogP contribution in [0.3, 0.4) is 0 Å². The summed E-state index contributed by atoms with van der Waals surface area (Å²) in [4.78, 5) is 8.55. The molecule has 0 spiro atoms. The quantitative estimate of drug-likeness (QED) is 0.263. The van der Waals surface area contributed by atoms with E-state index in [1.807, 2.05) is 42.8 Å². The van der Waals surface area contributed by atoms with E-state index in [4.69, 9.17) is 36.0 Å². The average molecular weight is 579 g/mol. The number of halogens is 1. The van der Waals surface area contributed by atoms with Crippen molar-refractivity contribution < 1.29 is 18.6 Å². The molecule has 0 aliphatic carbocycles. The van der Waals surface area contributed by atoms with Gasteiger partial charge in [0.05, 0.1) is 12.0 Å². The Hall–Kier alpha value is -2.79. The smallest absolute Gasteiger partial charge is 0.261 e. The molecule has 0 bridgehead atoms. The van der Waals surface area contributed by atoms with E-state index in [0.717, 1.165) is 0 Å². The van der Waals surface area contributed by atoms with E-state index >= 15 is 0 Å². The van der Waals surface area contributed by atoms with Crippen molar-refractivity contribution in [2.75, 3.05) is 12.3 Å². The third-order valence-electron chi connectivity index (χ3n) is 7.82. The van der Waals surface area contributed by atoms with Crippen LogP contribution in [0.25, 0.3) is 11.0 Å². The molecule has 2 aliphatic rings. The summed E-state index contributed by atoms with van der Waals surface area (Å²) in [6.07, 6.45) is 0.262. The number of aromatic nitrogens is 3. The predicted octanol–water partition coefficient (Wildman–Crippen LogP) is 4.66. The van der Waals surface area contributed by atoms with Crippen molar-refractivity contribution in [2.45, 2.75) is 70.0 Å². The van der Waals surface area contributed by atoms with Crippen molar-refractivity contribution in [3.8, 4) is 0 Å². The van der Waals surface area contributed by atoms with Crippen molar-refractivity contribution in [3.63, 3.8) is 0 Å². The predicted molar refractivity (Wildman–Crippen MR) is 158 cm³/mol. The van der Waals surface area contributed by atoms with Crippen molar-refractivity contribution in [2.24, 2.45) is 0 Å². The minimum absolute atomic E-state index is 0.0995. The molecule has 210 valence electrons. The second-order valence-electron chi connectivity index (χ2n) is 11.9. The fourth-order valence-electron chi connectivity index (χ4n) is 6.20. The van der Waals surface area contributed by atoms with Gasteiger partial charge in [-0.05, 0) is 35.3 Å². The highest BCUT2D eigenvalue weighted by Gasteiger charge is 2.58. The van der Waals surface area contributed by atoms with Gasteiger partial charge in [0.15, 0.2) is 12.0 Å². The van der Waals surface area contributed by atoms with Gasteiger partial charge in [0.2, 0.25) is 5.95 Å². The lowest BCUT2D eigenvalue weighted by Crippen LogP contribution is -2.67. The van der Waals surface area contributed by atoms with Crippen molar-refractivity contribution >= 4 is 47.3 Å². The maximum Gasteiger partial charge on any atom is 0.261 e. The van der Waals surface area contributed by atoms with Crippen LogP contribution >= 0.6 is 11.6 Å². The molecule has 8 nitrogen and oxygen atoms in total.